The highest BCUT2D eigenvalue weighted by Gasteiger charge is 2.62. The summed E-state index contributed by atoms with van der Waals surface area (Å²) >= 11 is 9.93. The van der Waals surface area contributed by atoms with Gasteiger partial charge in [0.1, 0.15) is 9.85 Å². The van der Waals surface area contributed by atoms with Crippen molar-refractivity contribution in [1.82, 2.24) is 0 Å². The number of carbonyl (C=O) groups excluding carboxylic acids is 2. The number of unbranched alkanes of at least 4 members (excludes halogenated alkanes) is 1. The first-order valence-electron chi connectivity index (χ1n) is 4.42. The van der Waals surface area contributed by atoms with Crippen LogP contribution in [-0.4, -0.2) is 26.0 Å². The molecule has 0 saturated heterocycles. The molecule has 0 spiro atoms. The fourth-order valence-electron chi connectivity index (χ4n) is 1.13. The molecule has 17 heavy (non-hydrogen) atoms. The van der Waals surface area contributed by atoms with Gasteiger partial charge in [0, 0.05) is 6.42 Å². The molecule has 0 radical (unpaired) electrons. The second-order valence-corrected chi connectivity index (χ2v) is 3.93. The Morgan fingerprint density at radius 3 is 1.82 bits per heavy atom. The zero-order valence-electron chi connectivity index (χ0n) is 8.43. The fraction of sp³-hybridized carbons (Fsp3) is 0.714. The van der Waals surface area contributed by atoms with Crippen molar-refractivity contribution < 1.29 is 19.4 Å². The predicted molar refractivity (Wildman–Crippen MR) is 56.9 cm³/mol. The summed E-state index contributed by atoms with van der Waals surface area (Å²) in [5, 5.41) is 18.9. The SMILES string of the molecule is O=C(Cl)CCCCC(C(=O)Cl)([N+](=O)[O-])[N+](=O)[O-]. The van der Waals surface area contributed by atoms with Crippen LogP contribution in [0.4, 0.5) is 0 Å². The number of rotatable bonds is 8. The van der Waals surface area contributed by atoms with Crippen molar-refractivity contribution in [2.24, 2.45) is 0 Å². The van der Waals surface area contributed by atoms with Gasteiger partial charge in [0.2, 0.25) is 5.24 Å². The summed E-state index contributed by atoms with van der Waals surface area (Å²) in [5.74, 6) is 0. The molecule has 0 aliphatic rings. The van der Waals surface area contributed by atoms with Crippen LogP contribution in [-0.2, 0) is 9.59 Å². The van der Waals surface area contributed by atoms with E-state index in [0.29, 0.717) is 0 Å². The average molecular weight is 287 g/mol. The van der Waals surface area contributed by atoms with Crippen LogP contribution in [0.5, 0.6) is 0 Å². The lowest BCUT2D eigenvalue weighted by atomic mass is 10.0. The van der Waals surface area contributed by atoms with Crippen molar-refractivity contribution in [3.63, 3.8) is 0 Å². The van der Waals surface area contributed by atoms with Crippen molar-refractivity contribution in [2.45, 2.75) is 31.3 Å². The van der Waals surface area contributed by atoms with Gasteiger partial charge in [-0.05, 0) is 36.0 Å². The van der Waals surface area contributed by atoms with Crippen LogP contribution < -0.4 is 0 Å². The summed E-state index contributed by atoms with van der Waals surface area (Å²) in [6.07, 6.45) is -0.738. The first-order valence-corrected chi connectivity index (χ1v) is 5.18. The molecular formula is C7H8Cl2N2O6. The van der Waals surface area contributed by atoms with E-state index < -0.39 is 32.4 Å². The van der Waals surface area contributed by atoms with Crippen molar-refractivity contribution in [1.29, 1.82) is 0 Å². The molecule has 0 aliphatic heterocycles. The van der Waals surface area contributed by atoms with Gasteiger partial charge >= 0.3 is 10.9 Å². The molecule has 0 heterocycles. The Morgan fingerprint density at radius 1 is 1.06 bits per heavy atom. The quantitative estimate of drug-likeness (QED) is 0.218. The summed E-state index contributed by atoms with van der Waals surface area (Å²) in [6.45, 7) is 0. The van der Waals surface area contributed by atoms with Crippen LogP contribution in [0.2, 0.25) is 0 Å². The van der Waals surface area contributed by atoms with Gasteiger partial charge in [-0.2, -0.15) is 0 Å². The molecule has 0 aliphatic carbocycles. The van der Waals surface area contributed by atoms with E-state index in [1.54, 1.807) is 0 Å². The molecule has 0 amide bonds. The van der Waals surface area contributed by atoms with E-state index in [2.05, 4.69) is 0 Å². The van der Waals surface area contributed by atoms with Crippen LogP contribution in [0.25, 0.3) is 0 Å². The molecular weight excluding hydrogens is 279 g/mol. The average Bonchev–Trinajstić information content (AvgIpc) is 2.15. The van der Waals surface area contributed by atoms with Crippen molar-refractivity contribution in [3.05, 3.63) is 20.2 Å². The lowest BCUT2D eigenvalue weighted by Gasteiger charge is -2.12. The maximum atomic E-state index is 10.9. The van der Waals surface area contributed by atoms with E-state index in [0.717, 1.165) is 0 Å². The zero-order valence-corrected chi connectivity index (χ0v) is 9.94. The van der Waals surface area contributed by atoms with Crippen LogP contribution in [0, 0.1) is 20.2 Å². The monoisotopic (exact) mass is 286 g/mol. The van der Waals surface area contributed by atoms with Gasteiger partial charge in [-0.25, -0.2) is 0 Å². The van der Waals surface area contributed by atoms with Gasteiger partial charge < -0.3 is 0 Å². The predicted octanol–water partition coefficient (Wildman–Crippen LogP) is 1.33. The van der Waals surface area contributed by atoms with Crippen LogP contribution in [0.1, 0.15) is 25.7 Å². The third kappa shape index (κ3) is 3.90. The van der Waals surface area contributed by atoms with Gasteiger partial charge in [0.25, 0.3) is 0 Å². The molecule has 0 aromatic carbocycles. The number of hydrogen-bond acceptors (Lipinski definition) is 6. The molecule has 0 N–H and O–H groups in total. The molecule has 96 valence electrons. The van der Waals surface area contributed by atoms with Crippen molar-refractivity contribution in [3.8, 4) is 0 Å². The summed E-state index contributed by atoms with van der Waals surface area (Å²) in [6, 6.07) is 0. The van der Waals surface area contributed by atoms with Crippen LogP contribution in [0.15, 0.2) is 0 Å². The molecule has 0 fully saturated rings. The van der Waals surface area contributed by atoms with E-state index >= 15 is 0 Å². The Hall–Kier alpha value is -1.28. The smallest absolute Gasteiger partial charge is 0.281 e. The van der Waals surface area contributed by atoms with Crippen LogP contribution in [0.3, 0.4) is 0 Å². The summed E-state index contributed by atoms with van der Waals surface area (Å²) in [4.78, 5) is 39.8. The van der Waals surface area contributed by atoms with Crippen molar-refractivity contribution >= 4 is 33.7 Å². The minimum Gasteiger partial charge on any atom is -0.281 e. The number of nitro groups is 2. The Kier molecular flexibility index (Phi) is 5.97. The second-order valence-electron chi connectivity index (χ2n) is 3.17. The molecule has 0 atom stereocenters. The molecule has 0 bridgehead atoms. The zero-order chi connectivity index (χ0) is 13.6. The lowest BCUT2D eigenvalue weighted by molar-refractivity contribution is -0.775. The van der Waals surface area contributed by atoms with E-state index in [1.807, 2.05) is 0 Å². The number of hydrogen-bond donors (Lipinski definition) is 0. The van der Waals surface area contributed by atoms with E-state index in [9.17, 15) is 29.8 Å². The maximum Gasteiger partial charge on any atom is 0.530 e. The van der Waals surface area contributed by atoms with E-state index in [4.69, 9.17) is 23.2 Å². The van der Waals surface area contributed by atoms with Gasteiger partial charge in [0.05, 0.1) is 6.42 Å². The number of carbonyl (C=O) groups is 2. The largest absolute Gasteiger partial charge is 0.530 e. The lowest BCUT2D eigenvalue weighted by Crippen LogP contribution is -2.51. The first kappa shape index (κ1) is 15.7. The molecule has 8 nitrogen and oxygen atoms in total. The molecule has 0 rings (SSSR count). The second kappa shape index (κ2) is 6.45. The Balaban J connectivity index is 4.72. The number of halogens is 2. The van der Waals surface area contributed by atoms with E-state index in [1.165, 1.54) is 0 Å². The maximum absolute atomic E-state index is 10.9. The third-order valence-electron chi connectivity index (χ3n) is 2.07. The Morgan fingerprint density at radius 2 is 1.53 bits per heavy atom. The van der Waals surface area contributed by atoms with Gasteiger partial charge in [-0.3, -0.25) is 29.8 Å². The van der Waals surface area contributed by atoms with Gasteiger partial charge in [-0.15, -0.1) is 0 Å². The standard InChI is InChI=1S/C7H8Cl2N2O6/c8-5(12)3-1-2-4-7(6(9)13,10(14)15)11(16)17/h1-4H2. The van der Waals surface area contributed by atoms with E-state index in [-0.39, 0.29) is 19.3 Å². The Bertz CT molecular complexity index is 322. The topological polar surface area (TPSA) is 120 Å². The highest BCUT2D eigenvalue weighted by Crippen LogP contribution is 2.23. The highest BCUT2D eigenvalue weighted by atomic mass is 35.5. The first-order chi connectivity index (χ1) is 7.75. The number of nitrogens with zero attached hydrogens (tertiary/aromatic N) is 2. The minimum atomic E-state index is -3.04. The van der Waals surface area contributed by atoms with Gasteiger partial charge in [0.15, 0.2) is 0 Å². The van der Waals surface area contributed by atoms with Gasteiger partial charge in [-0.1, -0.05) is 0 Å². The molecule has 0 aromatic heterocycles. The molecule has 0 aromatic rings. The molecule has 0 saturated carbocycles. The summed E-state index contributed by atoms with van der Waals surface area (Å²) in [5.41, 5.74) is -3.04. The van der Waals surface area contributed by atoms with Crippen molar-refractivity contribution in [2.75, 3.05) is 0 Å². The summed E-state index contributed by atoms with van der Waals surface area (Å²) < 4.78 is 0. The minimum absolute atomic E-state index is 0.0798. The van der Waals surface area contributed by atoms with Crippen LogP contribution >= 0.6 is 23.2 Å². The summed E-state index contributed by atoms with van der Waals surface area (Å²) in [7, 11) is 0. The third-order valence-corrected chi connectivity index (χ3v) is 2.56. The molecule has 0 unspecified atom stereocenters. The Labute approximate surface area is 105 Å². The normalized spacial score (nSPS) is 10.9. The molecule has 10 heteroatoms. The fourth-order valence-corrected chi connectivity index (χ4v) is 1.49. The highest BCUT2D eigenvalue weighted by molar-refractivity contribution is 6.65.